The summed E-state index contributed by atoms with van der Waals surface area (Å²) in [5.41, 5.74) is 1.02. The van der Waals surface area contributed by atoms with Gasteiger partial charge < -0.3 is 0 Å². The van der Waals surface area contributed by atoms with Crippen LogP contribution in [0, 0.1) is 0 Å². The van der Waals surface area contributed by atoms with Crippen LogP contribution >= 0.6 is 11.6 Å². The average Bonchev–Trinajstić information content (AvgIpc) is 2.26. The van der Waals surface area contributed by atoms with Crippen molar-refractivity contribution >= 4 is 17.4 Å². The first-order chi connectivity index (χ1) is 7.79. The lowest BCUT2D eigenvalue weighted by Crippen LogP contribution is -2.14. The highest BCUT2D eigenvalue weighted by molar-refractivity contribution is 6.31. The molecule has 0 aliphatic heterocycles. The van der Waals surface area contributed by atoms with Gasteiger partial charge in [0.1, 0.15) is 5.78 Å². The van der Waals surface area contributed by atoms with E-state index in [1.807, 2.05) is 24.3 Å². The Morgan fingerprint density at radius 2 is 1.81 bits per heavy atom. The predicted molar refractivity (Wildman–Crippen MR) is 66.9 cm³/mol. The normalized spacial score (nSPS) is 22.6. The molecule has 1 aromatic carbocycles. The molecule has 1 saturated carbocycles. The van der Waals surface area contributed by atoms with Gasteiger partial charge in [0.15, 0.2) is 0 Å². The highest BCUT2D eigenvalue weighted by Gasteiger charge is 2.22. The van der Waals surface area contributed by atoms with Crippen LogP contribution in [0.2, 0.25) is 5.02 Å². The van der Waals surface area contributed by atoms with Crippen molar-refractivity contribution < 1.29 is 4.79 Å². The van der Waals surface area contributed by atoms with E-state index >= 15 is 0 Å². The Kier molecular flexibility index (Phi) is 4.00. The van der Waals surface area contributed by atoms with Crippen LogP contribution in [0.1, 0.15) is 50.0 Å². The molecule has 0 spiro atoms. The maximum absolute atomic E-state index is 12.1. The van der Waals surface area contributed by atoms with Gasteiger partial charge in [-0.2, -0.15) is 0 Å². The van der Waals surface area contributed by atoms with Crippen LogP contribution in [0.4, 0.5) is 0 Å². The second-order valence-corrected chi connectivity index (χ2v) is 4.90. The van der Waals surface area contributed by atoms with Crippen LogP contribution in [-0.2, 0) is 4.79 Å². The molecular formula is C14H17ClO. The number of ketones is 1. The van der Waals surface area contributed by atoms with Crippen molar-refractivity contribution in [3.05, 3.63) is 34.9 Å². The lowest BCUT2D eigenvalue weighted by Gasteiger charge is -2.19. The summed E-state index contributed by atoms with van der Waals surface area (Å²) >= 11 is 6.16. The zero-order valence-corrected chi connectivity index (χ0v) is 10.2. The van der Waals surface area contributed by atoms with Crippen LogP contribution in [0.15, 0.2) is 24.3 Å². The molecule has 16 heavy (non-hydrogen) atoms. The molecule has 1 aliphatic rings. The number of carbonyl (C=O) groups is 1. The fourth-order valence-corrected chi connectivity index (χ4v) is 2.69. The quantitative estimate of drug-likeness (QED) is 0.709. The molecule has 0 radical (unpaired) electrons. The Hall–Kier alpha value is -0.820. The summed E-state index contributed by atoms with van der Waals surface area (Å²) in [5.74, 6) is 0.404. The minimum absolute atomic E-state index is 0.0361. The van der Waals surface area contributed by atoms with Crippen LogP contribution in [0.3, 0.4) is 0 Å². The minimum Gasteiger partial charge on any atom is -0.299 e. The van der Waals surface area contributed by atoms with E-state index in [4.69, 9.17) is 11.6 Å². The van der Waals surface area contributed by atoms with E-state index in [1.54, 1.807) is 0 Å². The van der Waals surface area contributed by atoms with Crippen LogP contribution < -0.4 is 0 Å². The molecule has 2 rings (SSSR count). The van der Waals surface area contributed by atoms with Crippen LogP contribution in [0.25, 0.3) is 0 Å². The predicted octanol–water partition coefficient (Wildman–Crippen LogP) is 4.35. The topological polar surface area (TPSA) is 17.1 Å². The molecule has 1 nitrogen and oxygen atoms in total. The lowest BCUT2D eigenvalue weighted by atomic mass is 9.85. The summed E-state index contributed by atoms with van der Waals surface area (Å²) in [6.07, 6.45) is 6.30. The molecular weight excluding hydrogens is 220 g/mol. The number of Topliss-reactive ketones (excluding diaryl/α,β-unsaturated/α-hetero) is 1. The van der Waals surface area contributed by atoms with Crippen molar-refractivity contribution in [3.8, 4) is 0 Å². The number of carbonyl (C=O) groups excluding carboxylic acids is 1. The van der Waals surface area contributed by atoms with Gasteiger partial charge in [-0.25, -0.2) is 0 Å². The van der Waals surface area contributed by atoms with E-state index in [1.165, 1.54) is 12.8 Å². The van der Waals surface area contributed by atoms with Crippen molar-refractivity contribution in [3.63, 3.8) is 0 Å². The maximum atomic E-state index is 12.1. The first kappa shape index (κ1) is 11.7. The van der Waals surface area contributed by atoms with Crippen LogP contribution in [-0.4, -0.2) is 5.78 Å². The minimum atomic E-state index is 0.0361. The van der Waals surface area contributed by atoms with Crippen molar-refractivity contribution in [1.82, 2.24) is 0 Å². The lowest BCUT2D eigenvalue weighted by molar-refractivity contribution is -0.121. The molecule has 0 N–H and O–H groups in total. The molecule has 0 heterocycles. The van der Waals surface area contributed by atoms with Gasteiger partial charge in [0.25, 0.3) is 0 Å². The second kappa shape index (κ2) is 5.49. The Labute approximate surface area is 102 Å². The third-order valence-corrected chi connectivity index (χ3v) is 3.68. The molecule has 1 unspecified atom stereocenters. The summed E-state index contributed by atoms with van der Waals surface area (Å²) in [6.45, 7) is 0. The Bertz CT molecular complexity index is 373. The molecule has 1 atom stereocenters. The van der Waals surface area contributed by atoms with Crippen molar-refractivity contribution in [2.24, 2.45) is 0 Å². The van der Waals surface area contributed by atoms with E-state index in [0.717, 1.165) is 36.3 Å². The van der Waals surface area contributed by atoms with Gasteiger partial charge >= 0.3 is 0 Å². The summed E-state index contributed by atoms with van der Waals surface area (Å²) in [6, 6.07) is 7.75. The second-order valence-electron chi connectivity index (χ2n) is 4.49. The number of halogens is 1. The third-order valence-electron chi connectivity index (χ3n) is 3.34. The van der Waals surface area contributed by atoms with Gasteiger partial charge in [-0.1, -0.05) is 49.1 Å². The zero-order valence-electron chi connectivity index (χ0n) is 9.42. The Morgan fingerprint density at radius 3 is 2.62 bits per heavy atom. The van der Waals surface area contributed by atoms with E-state index in [9.17, 15) is 4.79 Å². The SMILES string of the molecule is O=C1CCCCCCC1c1ccccc1Cl. The average molecular weight is 237 g/mol. The molecule has 0 bridgehead atoms. The number of hydrogen-bond donors (Lipinski definition) is 0. The Morgan fingerprint density at radius 1 is 1.06 bits per heavy atom. The van der Waals surface area contributed by atoms with E-state index < -0.39 is 0 Å². The first-order valence-electron chi connectivity index (χ1n) is 6.06. The summed E-state index contributed by atoms with van der Waals surface area (Å²) in [5, 5.41) is 0.737. The monoisotopic (exact) mass is 236 g/mol. The number of hydrogen-bond acceptors (Lipinski definition) is 1. The molecule has 1 aliphatic carbocycles. The standard InChI is InChI=1S/C14H17ClO/c15-13-9-6-5-7-11(13)12-8-3-1-2-4-10-14(12)16/h5-7,9,12H,1-4,8,10H2. The van der Waals surface area contributed by atoms with Crippen LogP contribution in [0.5, 0.6) is 0 Å². The van der Waals surface area contributed by atoms with Gasteiger partial charge in [0.2, 0.25) is 0 Å². The van der Waals surface area contributed by atoms with Crippen molar-refractivity contribution in [2.75, 3.05) is 0 Å². The van der Waals surface area contributed by atoms with E-state index in [-0.39, 0.29) is 5.92 Å². The van der Waals surface area contributed by atoms with Gasteiger partial charge in [-0.3, -0.25) is 4.79 Å². The largest absolute Gasteiger partial charge is 0.299 e. The fourth-order valence-electron chi connectivity index (χ4n) is 2.42. The molecule has 0 aromatic heterocycles. The smallest absolute Gasteiger partial charge is 0.140 e. The van der Waals surface area contributed by atoms with Gasteiger partial charge in [-0.15, -0.1) is 0 Å². The molecule has 2 heteroatoms. The van der Waals surface area contributed by atoms with Gasteiger partial charge in [0.05, 0.1) is 0 Å². The summed E-state index contributed by atoms with van der Waals surface area (Å²) in [7, 11) is 0. The van der Waals surface area contributed by atoms with E-state index in [2.05, 4.69) is 0 Å². The molecule has 86 valence electrons. The first-order valence-corrected chi connectivity index (χ1v) is 6.44. The highest BCUT2D eigenvalue weighted by Crippen LogP contribution is 2.32. The van der Waals surface area contributed by atoms with Crippen molar-refractivity contribution in [2.45, 2.75) is 44.4 Å². The molecule has 1 fully saturated rings. The molecule has 1 aromatic rings. The molecule has 0 saturated heterocycles. The third kappa shape index (κ3) is 2.65. The number of rotatable bonds is 1. The fraction of sp³-hybridized carbons (Fsp3) is 0.500. The van der Waals surface area contributed by atoms with Crippen molar-refractivity contribution in [1.29, 1.82) is 0 Å². The molecule has 0 amide bonds. The summed E-state index contributed by atoms with van der Waals surface area (Å²) < 4.78 is 0. The zero-order chi connectivity index (χ0) is 11.4. The highest BCUT2D eigenvalue weighted by atomic mass is 35.5. The van der Waals surface area contributed by atoms with Gasteiger partial charge in [-0.05, 0) is 24.5 Å². The Balaban J connectivity index is 2.22. The van der Waals surface area contributed by atoms with Gasteiger partial charge in [0, 0.05) is 17.4 Å². The maximum Gasteiger partial charge on any atom is 0.140 e. The number of benzene rings is 1. The van der Waals surface area contributed by atoms with E-state index in [0.29, 0.717) is 5.78 Å². The summed E-state index contributed by atoms with van der Waals surface area (Å²) in [4.78, 5) is 12.1.